The third-order valence-corrected chi connectivity index (χ3v) is 9.29. The number of alkyl halides is 3. The average molecular weight is 612 g/mol. The number of piperazine rings is 1. The Morgan fingerprint density at radius 2 is 1.49 bits per heavy atom. The lowest BCUT2D eigenvalue weighted by Crippen LogP contribution is -2.49. The molecule has 1 saturated heterocycles. The van der Waals surface area contributed by atoms with Crippen molar-refractivity contribution in [3.05, 3.63) is 89.5 Å². The van der Waals surface area contributed by atoms with Crippen molar-refractivity contribution in [1.82, 2.24) is 10.2 Å². The summed E-state index contributed by atoms with van der Waals surface area (Å²) in [6.45, 7) is 5.05. The van der Waals surface area contributed by atoms with Gasteiger partial charge in [0, 0.05) is 41.7 Å². The van der Waals surface area contributed by atoms with Crippen molar-refractivity contribution in [1.29, 1.82) is 0 Å². The number of fused-ring (bicyclic) bond motifs is 2. The molecule has 0 aliphatic carbocycles. The van der Waals surface area contributed by atoms with Crippen LogP contribution < -0.4 is 10.2 Å². The number of nitrogens with one attached hydrogen (secondary N) is 1. The monoisotopic (exact) mass is 611 g/mol. The van der Waals surface area contributed by atoms with Crippen LogP contribution in [0.4, 0.5) is 18.9 Å². The van der Waals surface area contributed by atoms with E-state index in [9.17, 15) is 22.8 Å². The first kappa shape index (κ1) is 30.9. The van der Waals surface area contributed by atoms with Gasteiger partial charge in [-0.3, -0.25) is 9.69 Å². The van der Waals surface area contributed by atoms with Gasteiger partial charge in [0.25, 0.3) is 0 Å². The number of ether oxygens (including phenoxy) is 1. The zero-order valence-electron chi connectivity index (χ0n) is 24.2. The Bertz CT molecular complexity index is 1380. The lowest BCUT2D eigenvalue weighted by atomic mass is 9.69. The summed E-state index contributed by atoms with van der Waals surface area (Å²) in [5.74, 6) is -0.926. The SMILES string of the molecule is CCOC(=O)c1ccc(N2CCN(CCCCC3(C(=O)NCC(F)(F)F)c4ccccc4Sc4ccccc43)CC2)cc1. The van der Waals surface area contributed by atoms with Gasteiger partial charge >= 0.3 is 12.1 Å². The molecule has 0 bridgehead atoms. The number of halogens is 3. The van der Waals surface area contributed by atoms with E-state index >= 15 is 0 Å². The molecule has 0 radical (unpaired) electrons. The fraction of sp³-hybridized carbons (Fsp3) is 0.394. The largest absolute Gasteiger partial charge is 0.462 e. The van der Waals surface area contributed by atoms with Crippen molar-refractivity contribution in [2.45, 2.75) is 47.6 Å². The predicted molar refractivity (Wildman–Crippen MR) is 162 cm³/mol. The average Bonchev–Trinajstić information content (AvgIpc) is 3.01. The van der Waals surface area contributed by atoms with Crippen molar-refractivity contribution < 1.29 is 27.5 Å². The van der Waals surface area contributed by atoms with E-state index < -0.39 is 24.0 Å². The van der Waals surface area contributed by atoms with Crippen LogP contribution >= 0.6 is 11.8 Å². The molecule has 0 atom stereocenters. The summed E-state index contributed by atoms with van der Waals surface area (Å²) in [4.78, 5) is 32.2. The lowest BCUT2D eigenvalue weighted by Gasteiger charge is -2.40. The molecule has 0 saturated carbocycles. The summed E-state index contributed by atoms with van der Waals surface area (Å²) < 4.78 is 44.6. The smallest absolute Gasteiger partial charge is 0.405 e. The molecule has 0 aromatic heterocycles. The normalized spacial score (nSPS) is 16.2. The second-order valence-electron chi connectivity index (χ2n) is 10.9. The maximum absolute atomic E-state index is 13.8. The third-order valence-electron chi connectivity index (χ3n) is 8.14. The highest BCUT2D eigenvalue weighted by molar-refractivity contribution is 7.99. The third kappa shape index (κ3) is 7.02. The second-order valence-corrected chi connectivity index (χ2v) is 11.9. The Hall–Kier alpha value is -3.50. The standard InChI is InChI=1S/C33H36F3N3O3S/c1-2-42-30(40)24-13-15-25(16-14-24)39-21-19-38(20-22-39)18-8-7-17-32(31(41)37-23-33(34,35)36)26-9-3-5-11-28(26)43-29-12-6-4-10-27(29)32/h3-6,9-16H,2,7-8,17-23H2,1H3,(H,37,41). The number of esters is 1. The molecule has 3 aromatic carbocycles. The minimum Gasteiger partial charge on any atom is -0.462 e. The molecule has 3 aromatic rings. The molecule has 1 fully saturated rings. The maximum atomic E-state index is 13.8. The number of carbonyl (C=O) groups excluding carboxylic acids is 2. The first-order valence-electron chi connectivity index (χ1n) is 14.7. The predicted octanol–water partition coefficient (Wildman–Crippen LogP) is 6.29. The molecular weight excluding hydrogens is 575 g/mol. The number of amides is 1. The van der Waals surface area contributed by atoms with E-state index in [-0.39, 0.29) is 5.97 Å². The summed E-state index contributed by atoms with van der Waals surface area (Å²) in [6.07, 6.45) is -2.58. The summed E-state index contributed by atoms with van der Waals surface area (Å²) in [5, 5.41) is 2.23. The van der Waals surface area contributed by atoms with Crippen LogP contribution in [0.15, 0.2) is 82.6 Å². The Balaban J connectivity index is 1.23. The van der Waals surface area contributed by atoms with E-state index in [2.05, 4.69) is 15.1 Å². The maximum Gasteiger partial charge on any atom is 0.405 e. The number of hydrogen-bond donors (Lipinski definition) is 1. The lowest BCUT2D eigenvalue weighted by molar-refractivity contribution is -0.141. The molecule has 0 spiro atoms. The molecule has 1 amide bonds. The van der Waals surface area contributed by atoms with Crippen LogP contribution in [0.25, 0.3) is 0 Å². The van der Waals surface area contributed by atoms with Crippen LogP contribution in [-0.2, 0) is 14.9 Å². The number of hydrogen-bond acceptors (Lipinski definition) is 6. The van der Waals surface area contributed by atoms with Gasteiger partial charge in [0.15, 0.2) is 0 Å². The van der Waals surface area contributed by atoms with Gasteiger partial charge in [-0.2, -0.15) is 13.2 Å². The fourth-order valence-electron chi connectivity index (χ4n) is 6.02. The van der Waals surface area contributed by atoms with Crippen molar-refractivity contribution in [2.75, 3.05) is 50.8 Å². The van der Waals surface area contributed by atoms with Gasteiger partial charge in [-0.05, 0) is 73.8 Å². The molecule has 43 heavy (non-hydrogen) atoms. The van der Waals surface area contributed by atoms with Crippen LogP contribution in [0, 0.1) is 0 Å². The van der Waals surface area contributed by atoms with Gasteiger partial charge in [0.1, 0.15) is 12.0 Å². The molecule has 10 heteroatoms. The summed E-state index contributed by atoms with van der Waals surface area (Å²) >= 11 is 1.55. The van der Waals surface area contributed by atoms with Gasteiger partial charge in [0.2, 0.25) is 5.91 Å². The van der Waals surface area contributed by atoms with Crippen molar-refractivity contribution in [3.8, 4) is 0 Å². The molecule has 6 nitrogen and oxygen atoms in total. The number of unbranched alkanes of at least 4 members (excludes halogenated alkanes) is 1. The van der Waals surface area contributed by atoms with Crippen LogP contribution in [-0.4, -0.2) is 68.8 Å². The van der Waals surface area contributed by atoms with Gasteiger partial charge in [-0.15, -0.1) is 0 Å². The van der Waals surface area contributed by atoms with Crippen molar-refractivity contribution in [2.24, 2.45) is 0 Å². The minimum atomic E-state index is -4.50. The van der Waals surface area contributed by atoms with Gasteiger partial charge in [-0.1, -0.05) is 54.6 Å². The van der Waals surface area contributed by atoms with E-state index in [1.165, 1.54) is 0 Å². The van der Waals surface area contributed by atoms with E-state index in [1.807, 2.05) is 60.7 Å². The van der Waals surface area contributed by atoms with Gasteiger partial charge in [-0.25, -0.2) is 4.79 Å². The van der Waals surface area contributed by atoms with Crippen LogP contribution in [0.1, 0.15) is 47.7 Å². The first-order chi connectivity index (χ1) is 20.7. The van der Waals surface area contributed by atoms with Gasteiger partial charge in [0.05, 0.1) is 12.2 Å². The molecule has 5 rings (SSSR count). The van der Waals surface area contributed by atoms with Gasteiger partial charge < -0.3 is 15.0 Å². The molecule has 0 unspecified atom stereocenters. The van der Waals surface area contributed by atoms with Crippen molar-refractivity contribution >= 4 is 29.3 Å². The van der Waals surface area contributed by atoms with Crippen LogP contribution in [0.3, 0.4) is 0 Å². The minimum absolute atomic E-state index is 0.322. The second kappa shape index (κ2) is 13.4. The van der Waals surface area contributed by atoms with E-state index in [0.717, 1.165) is 65.7 Å². The molecule has 1 N–H and O–H groups in total. The fourth-order valence-corrected chi connectivity index (χ4v) is 7.25. The number of benzene rings is 3. The highest BCUT2D eigenvalue weighted by Gasteiger charge is 2.47. The van der Waals surface area contributed by atoms with E-state index in [0.29, 0.717) is 25.0 Å². The Labute approximate surface area is 254 Å². The molecule has 228 valence electrons. The number of carbonyl (C=O) groups is 2. The summed E-state index contributed by atoms with van der Waals surface area (Å²) in [6, 6.07) is 22.6. The van der Waals surface area contributed by atoms with Crippen molar-refractivity contribution in [3.63, 3.8) is 0 Å². The number of anilines is 1. The quantitative estimate of drug-likeness (QED) is 0.215. The highest BCUT2D eigenvalue weighted by atomic mass is 32.2. The summed E-state index contributed by atoms with van der Waals surface area (Å²) in [5.41, 5.74) is 1.93. The molecular formula is C33H36F3N3O3S. The van der Waals surface area contributed by atoms with E-state index in [4.69, 9.17) is 4.74 Å². The Kier molecular flexibility index (Phi) is 9.66. The summed E-state index contributed by atoms with van der Waals surface area (Å²) in [7, 11) is 0. The van der Waals surface area contributed by atoms with E-state index in [1.54, 1.807) is 30.8 Å². The number of nitrogens with zero attached hydrogens (tertiary/aromatic N) is 2. The van der Waals surface area contributed by atoms with Crippen LogP contribution in [0.2, 0.25) is 0 Å². The Morgan fingerprint density at radius 1 is 0.884 bits per heavy atom. The zero-order valence-corrected chi connectivity index (χ0v) is 25.0. The molecule has 2 aliphatic rings. The Morgan fingerprint density at radius 3 is 2.07 bits per heavy atom. The topological polar surface area (TPSA) is 61.9 Å². The molecule has 2 heterocycles. The molecule has 2 aliphatic heterocycles. The van der Waals surface area contributed by atoms with Crippen LogP contribution in [0.5, 0.6) is 0 Å². The first-order valence-corrected chi connectivity index (χ1v) is 15.5. The highest BCUT2D eigenvalue weighted by Crippen LogP contribution is 2.51. The zero-order chi connectivity index (χ0) is 30.5. The number of rotatable bonds is 10.